The summed E-state index contributed by atoms with van der Waals surface area (Å²) in [6, 6.07) is 10.9. The van der Waals surface area contributed by atoms with Gasteiger partial charge >= 0.3 is 11.1 Å². The van der Waals surface area contributed by atoms with Gasteiger partial charge in [0.05, 0.1) is 17.1 Å². The van der Waals surface area contributed by atoms with Crippen LogP contribution in [-0.4, -0.2) is 15.0 Å². The van der Waals surface area contributed by atoms with Crippen LogP contribution >= 0.6 is 11.3 Å². The van der Waals surface area contributed by atoms with Crippen molar-refractivity contribution in [2.24, 2.45) is 0 Å². The van der Waals surface area contributed by atoms with Gasteiger partial charge in [-0.2, -0.15) is 0 Å². The van der Waals surface area contributed by atoms with Crippen molar-refractivity contribution in [1.82, 2.24) is 14.5 Å². The molecule has 6 nitrogen and oxygen atoms in total. The van der Waals surface area contributed by atoms with Crippen molar-refractivity contribution in [3.05, 3.63) is 80.0 Å². The summed E-state index contributed by atoms with van der Waals surface area (Å²) >= 11 is 1.59. The van der Waals surface area contributed by atoms with Gasteiger partial charge in [-0.25, -0.2) is 0 Å². The highest BCUT2D eigenvalue weighted by atomic mass is 32.1. The lowest BCUT2D eigenvalue weighted by molar-refractivity contribution is -0.122. The Balaban J connectivity index is 1.96. The molecule has 1 aromatic carbocycles. The van der Waals surface area contributed by atoms with Gasteiger partial charge in [0, 0.05) is 11.4 Å². The van der Waals surface area contributed by atoms with E-state index in [-0.39, 0.29) is 25.0 Å². The molecule has 1 atom stereocenters. The van der Waals surface area contributed by atoms with E-state index in [1.807, 2.05) is 17.5 Å². The molecular formula is C21H23N3O3S. The minimum absolute atomic E-state index is 0.0967. The summed E-state index contributed by atoms with van der Waals surface area (Å²) in [5.41, 5.74) is -0.218. The Morgan fingerprint density at radius 3 is 2.43 bits per heavy atom. The molecule has 0 fully saturated rings. The number of para-hydroxylation sites is 2. The lowest BCUT2D eigenvalue weighted by Crippen LogP contribution is -2.44. The lowest BCUT2D eigenvalue weighted by atomic mass is 10.1. The summed E-state index contributed by atoms with van der Waals surface area (Å²) in [6.07, 6.45) is 3.30. The molecule has 0 bridgehead atoms. The largest absolute Gasteiger partial charge is 0.347 e. The predicted octanol–water partition coefficient (Wildman–Crippen LogP) is 3.07. The van der Waals surface area contributed by atoms with Crippen LogP contribution < -0.4 is 16.4 Å². The third-order valence-corrected chi connectivity index (χ3v) is 5.54. The van der Waals surface area contributed by atoms with E-state index in [9.17, 15) is 14.4 Å². The van der Waals surface area contributed by atoms with Crippen molar-refractivity contribution >= 4 is 28.3 Å². The predicted molar refractivity (Wildman–Crippen MR) is 113 cm³/mol. The first-order valence-electron chi connectivity index (χ1n) is 9.22. The second-order valence-corrected chi connectivity index (χ2v) is 7.49. The molecule has 2 aromatic heterocycles. The van der Waals surface area contributed by atoms with E-state index < -0.39 is 11.1 Å². The molecule has 0 spiro atoms. The lowest BCUT2D eigenvalue weighted by Gasteiger charge is -2.18. The van der Waals surface area contributed by atoms with Crippen LogP contribution in [0.25, 0.3) is 11.0 Å². The molecule has 1 N–H and O–H groups in total. The fraction of sp³-hybridized carbons (Fsp3) is 0.286. The molecule has 7 heteroatoms. The molecule has 0 saturated heterocycles. The fourth-order valence-electron chi connectivity index (χ4n) is 3.29. The van der Waals surface area contributed by atoms with Crippen molar-refractivity contribution in [2.75, 3.05) is 0 Å². The molecule has 0 aliphatic rings. The van der Waals surface area contributed by atoms with Gasteiger partial charge in [0.25, 0.3) is 0 Å². The van der Waals surface area contributed by atoms with Crippen LogP contribution in [0.2, 0.25) is 0 Å². The smallest absolute Gasteiger partial charge is 0.317 e. The maximum atomic E-state index is 12.7. The van der Waals surface area contributed by atoms with E-state index in [1.165, 1.54) is 9.13 Å². The molecule has 0 saturated carbocycles. The molecule has 0 aliphatic carbocycles. The van der Waals surface area contributed by atoms with Gasteiger partial charge in [0.1, 0.15) is 6.54 Å². The third kappa shape index (κ3) is 3.99. The number of rotatable bonds is 8. The summed E-state index contributed by atoms with van der Waals surface area (Å²) in [5.74, 6) is -0.292. The third-order valence-electron chi connectivity index (χ3n) is 4.55. The molecule has 0 radical (unpaired) electrons. The van der Waals surface area contributed by atoms with Crippen molar-refractivity contribution < 1.29 is 4.79 Å². The highest BCUT2D eigenvalue weighted by molar-refractivity contribution is 7.10. The van der Waals surface area contributed by atoms with Crippen molar-refractivity contribution in [3.63, 3.8) is 0 Å². The van der Waals surface area contributed by atoms with E-state index in [0.29, 0.717) is 11.0 Å². The minimum Gasteiger partial charge on any atom is -0.347 e. The molecule has 1 amide bonds. The van der Waals surface area contributed by atoms with E-state index in [4.69, 9.17) is 0 Å². The van der Waals surface area contributed by atoms with Crippen LogP contribution in [0.15, 0.2) is 64.0 Å². The molecule has 146 valence electrons. The number of fused-ring (bicyclic) bond motifs is 1. The standard InChI is InChI=1S/C21H23N3O3S/c1-3-8-15(18-11-7-13-28-18)22-19(25)14-24-17-10-6-5-9-16(17)23(12-4-2)20(26)21(24)27/h4-7,9-11,13,15H,2-3,8,12,14H2,1H3,(H,22,25)/t15-/m0/s1. The first-order chi connectivity index (χ1) is 13.6. The fourth-order valence-corrected chi connectivity index (χ4v) is 4.10. The minimum atomic E-state index is -0.709. The summed E-state index contributed by atoms with van der Waals surface area (Å²) in [4.78, 5) is 39.0. The Kier molecular flexibility index (Phi) is 6.26. The van der Waals surface area contributed by atoms with E-state index >= 15 is 0 Å². The number of aromatic nitrogens is 2. The van der Waals surface area contributed by atoms with E-state index in [1.54, 1.807) is 41.7 Å². The Hall–Kier alpha value is -2.93. The zero-order valence-corrected chi connectivity index (χ0v) is 16.6. The first-order valence-corrected chi connectivity index (χ1v) is 10.1. The Morgan fingerprint density at radius 2 is 1.82 bits per heavy atom. The van der Waals surface area contributed by atoms with Crippen molar-refractivity contribution in [1.29, 1.82) is 0 Å². The zero-order valence-electron chi connectivity index (χ0n) is 15.8. The van der Waals surface area contributed by atoms with Gasteiger partial charge in [-0.1, -0.05) is 37.6 Å². The number of benzene rings is 1. The Morgan fingerprint density at radius 1 is 1.14 bits per heavy atom. The number of nitrogens with zero attached hydrogens (tertiary/aromatic N) is 2. The highest BCUT2D eigenvalue weighted by Gasteiger charge is 2.18. The second-order valence-electron chi connectivity index (χ2n) is 6.51. The van der Waals surface area contributed by atoms with Crippen LogP contribution in [0, 0.1) is 0 Å². The second kappa shape index (κ2) is 8.84. The maximum absolute atomic E-state index is 12.7. The molecule has 0 aliphatic heterocycles. The number of carbonyl (C=O) groups is 1. The summed E-state index contributed by atoms with van der Waals surface area (Å²) < 4.78 is 2.63. The van der Waals surface area contributed by atoms with Crippen LogP contribution in [0.3, 0.4) is 0 Å². The van der Waals surface area contributed by atoms with Gasteiger partial charge in [-0.3, -0.25) is 23.5 Å². The van der Waals surface area contributed by atoms with E-state index in [2.05, 4.69) is 18.8 Å². The zero-order chi connectivity index (χ0) is 20.1. The Bertz CT molecular complexity index is 1100. The Labute approximate surface area is 166 Å². The molecule has 0 unspecified atom stereocenters. The van der Waals surface area contributed by atoms with Gasteiger partial charge in [0.15, 0.2) is 0 Å². The quantitative estimate of drug-likeness (QED) is 0.469. The average molecular weight is 398 g/mol. The topological polar surface area (TPSA) is 73.1 Å². The SMILES string of the molecule is C=CCn1c(=O)c(=O)n(CC(=O)N[C@@H](CCC)c2cccs2)c2ccccc21. The van der Waals surface area contributed by atoms with Crippen LogP contribution in [-0.2, 0) is 17.9 Å². The van der Waals surface area contributed by atoms with Crippen LogP contribution in [0.4, 0.5) is 0 Å². The number of hydrogen-bond acceptors (Lipinski definition) is 4. The highest BCUT2D eigenvalue weighted by Crippen LogP contribution is 2.23. The maximum Gasteiger partial charge on any atom is 0.317 e. The summed E-state index contributed by atoms with van der Waals surface area (Å²) in [7, 11) is 0. The van der Waals surface area contributed by atoms with Crippen LogP contribution in [0.5, 0.6) is 0 Å². The summed E-state index contributed by atoms with van der Waals surface area (Å²) in [6.45, 7) is 5.74. The number of thiophene rings is 1. The summed E-state index contributed by atoms with van der Waals surface area (Å²) in [5, 5.41) is 4.98. The van der Waals surface area contributed by atoms with Gasteiger partial charge in [0.2, 0.25) is 5.91 Å². The monoisotopic (exact) mass is 397 g/mol. The van der Waals surface area contributed by atoms with Gasteiger partial charge in [-0.05, 0) is 30.0 Å². The molecule has 28 heavy (non-hydrogen) atoms. The molecule has 3 aromatic rings. The number of allylic oxidation sites excluding steroid dienone is 1. The van der Waals surface area contributed by atoms with Crippen molar-refractivity contribution in [3.8, 4) is 0 Å². The van der Waals surface area contributed by atoms with Crippen molar-refractivity contribution in [2.45, 2.75) is 38.9 Å². The number of carbonyl (C=O) groups excluding carboxylic acids is 1. The average Bonchev–Trinajstić information content (AvgIpc) is 3.23. The molecule has 3 rings (SSSR count). The van der Waals surface area contributed by atoms with Gasteiger partial charge in [-0.15, -0.1) is 17.9 Å². The number of amides is 1. The molecular weight excluding hydrogens is 374 g/mol. The van der Waals surface area contributed by atoms with E-state index in [0.717, 1.165) is 17.7 Å². The van der Waals surface area contributed by atoms with Crippen LogP contribution in [0.1, 0.15) is 30.7 Å². The molecule has 2 heterocycles. The normalized spacial score (nSPS) is 12.0. The number of nitrogens with one attached hydrogen (secondary N) is 1. The number of hydrogen-bond donors (Lipinski definition) is 1. The van der Waals surface area contributed by atoms with Gasteiger partial charge < -0.3 is 5.32 Å². The first kappa shape index (κ1) is 19.8.